The molecule has 2 heterocycles. The molecule has 18 heavy (non-hydrogen) atoms. The van der Waals surface area contributed by atoms with Crippen LogP contribution in [-0.2, 0) is 4.79 Å². The molecule has 1 aromatic rings. The number of anilines is 1. The molecule has 2 aliphatic heterocycles. The third-order valence-electron chi connectivity index (χ3n) is 3.86. The van der Waals surface area contributed by atoms with Crippen molar-refractivity contribution < 1.29 is 4.79 Å². The third kappa shape index (κ3) is 1.82. The van der Waals surface area contributed by atoms with E-state index in [-0.39, 0.29) is 0 Å². The van der Waals surface area contributed by atoms with Crippen molar-refractivity contribution in [2.24, 2.45) is 0 Å². The van der Waals surface area contributed by atoms with Crippen LogP contribution in [0.25, 0.3) is 0 Å². The lowest BCUT2D eigenvalue weighted by Gasteiger charge is -2.38. The van der Waals surface area contributed by atoms with Crippen LogP contribution in [0, 0.1) is 11.3 Å². The number of benzene rings is 1. The second kappa shape index (κ2) is 4.34. The van der Waals surface area contributed by atoms with Gasteiger partial charge in [-0.25, -0.2) is 0 Å². The number of piperazine rings is 1. The van der Waals surface area contributed by atoms with Crippen LogP contribution >= 0.6 is 0 Å². The SMILES string of the molecule is N#Cc1ccc(N2CCN3C(=O)CCC3C2)cc1. The predicted octanol–water partition coefficient (Wildman–Crippen LogP) is 1.37. The maximum absolute atomic E-state index is 11.6. The molecule has 0 N–H and O–H groups in total. The van der Waals surface area contributed by atoms with Crippen LogP contribution in [0.2, 0.25) is 0 Å². The van der Waals surface area contributed by atoms with Crippen LogP contribution in [0.3, 0.4) is 0 Å². The number of nitriles is 1. The van der Waals surface area contributed by atoms with Gasteiger partial charge in [-0.1, -0.05) is 0 Å². The van der Waals surface area contributed by atoms with Gasteiger partial charge in [-0.05, 0) is 30.7 Å². The van der Waals surface area contributed by atoms with Crippen molar-refractivity contribution in [3.8, 4) is 6.07 Å². The van der Waals surface area contributed by atoms with Gasteiger partial charge in [0.25, 0.3) is 0 Å². The summed E-state index contributed by atoms with van der Waals surface area (Å²) in [7, 11) is 0. The Morgan fingerprint density at radius 1 is 1.22 bits per heavy atom. The predicted molar refractivity (Wildman–Crippen MR) is 68.1 cm³/mol. The Morgan fingerprint density at radius 3 is 2.72 bits per heavy atom. The van der Waals surface area contributed by atoms with E-state index in [0.717, 1.165) is 31.7 Å². The van der Waals surface area contributed by atoms with Gasteiger partial charge >= 0.3 is 0 Å². The Balaban J connectivity index is 1.74. The molecule has 0 radical (unpaired) electrons. The first-order chi connectivity index (χ1) is 8.78. The average Bonchev–Trinajstić information content (AvgIpc) is 2.80. The first-order valence-electron chi connectivity index (χ1n) is 6.32. The van der Waals surface area contributed by atoms with Gasteiger partial charge in [0.15, 0.2) is 0 Å². The van der Waals surface area contributed by atoms with Crippen molar-refractivity contribution >= 4 is 11.6 Å². The molecule has 92 valence electrons. The third-order valence-corrected chi connectivity index (χ3v) is 3.86. The highest BCUT2D eigenvalue weighted by Gasteiger charge is 2.35. The summed E-state index contributed by atoms with van der Waals surface area (Å²) in [5.41, 5.74) is 1.83. The highest BCUT2D eigenvalue weighted by molar-refractivity contribution is 5.79. The van der Waals surface area contributed by atoms with Crippen molar-refractivity contribution in [2.45, 2.75) is 18.9 Å². The minimum absolute atomic E-state index is 0.305. The molecule has 3 rings (SSSR count). The van der Waals surface area contributed by atoms with Crippen molar-refractivity contribution in [1.29, 1.82) is 5.26 Å². The van der Waals surface area contributed by atoms with Crippen molar-refractivity contribution in [3.05, 3.63) is 29.8 Å². The highest BCUT2D eigenvalue weighted by atomic mass is 16.2. The van der Waals surface area contributed by atoms with Crippen LogP contribution < -0.4 is 4.90 Å². The number of hydrogen-bond donors (Lipinski definition) is 0. The molecule has 0 saturated carbocycles. The van der Waals surface area contributed by atoms with Gasteiger partial charge in [-0.3, -0.25) is 4.79 Å². The first-order valence-corrected chi connectivity index (χ1v) is 6.32. The number of carbonyl (C=O) groups excluding carboxylic acids is 1. The van der Waals surface area contributed by atoms with Crippen molar-refractivity contribution in [2.75, 3.05) is 24.5 Å². The summed E-state index contributed by atoms with van der Waals surface area (Å²) in [5.74, 6) is 0.305. The normalized spacial score (nSPS) is 22.8. The number of nitrogens with zero attached hydrogens (tertiary/aromatic N) is 3. The van der Waals surface area contributed by atoms with Gasteiger partial charge in [-0.2, -0.15) is 5.26 Å². The minimum atomic E-state index is 0.305. The van der Waals surface area contributed by atoms with Crippen molar-refractivity contribution in [3.63, 3.8) is 0 Å². The molecule has 2 saturated heterocycles. The molecule has 2 fully saturated rings. The Labute approximate surface area is 106 Å². The topological polar surface area (TPSA) is 47.3 Å². The maximum atomic E-state index is 11.6. The highest BCUT2D eigenvalue weighted by Crippen LogP contribution is 2.26. The Morgan fingerprint density at radius 2 is 2.00 bits per heavy atom. The van der Waals surface area contributed by atoms with E-state index in [1.807, 2.05) is 29.2 Å². The fraction of sp³-hybridized carbons (Fsp3) is 0.429. The van der Waals surface area contributed by atoms with Gasteiger partial charge in [0, 0.05) is 37.8 Å². The van der Waals surface area contributed by atoms with E-state index in [4.69, 9.17) is 5.26 Å². The Bertz CT molecular complexity index is 503. The molecule has 0 aliphatic carbocycles. The zero-order valence-electron chi connectivity index (χ0n) is 10.2. The largest absolute Gasteiger partial charge is 0.368 e. The Kier molecular flexibility index (Phi) is 2.67. The molecule has 0 spiro atoms. The first kappa shape index (κ1) is 11.1. The zero-order chi connectivity index (χ0) is 12.5. The van der Waals surface area contributed by atoms with Gasteiger partial charge in [-0.15, -0.1) is 0 Å². The fourth-order valence-electron chi connectivity index (χ4n) is 2.85. The van der Waals surface area contributed by atoms with E-state index in [2.05, 4.69) is 11.0 Å². The molecule has 0 aromatic heterocycles. The van der Waals surface area contributed by atoms with Gasteiger partial charge in [0.1, 0.15) is 0 Å². The molecule has 1 atom stereocenters. The summed E-state index contributed by atoms with van der Waals surface area (Å²) < 4.78 is 0. The minimum Gasteiger partial charge on any atom is -0.368 e. The van der Waals surface area contributed by atoms with Gasteiger partial charge in [0.05, 0.1) is 11.6 Å². The molecule has 4 nitrogen and oxygen atoms in total. The Hall–Kier alpha value is -2.02. The average molecular weight is 241 g/mol. The second-order valence-electron chi connectivity index (χ2n) is 4.88. The van der Waals surface area contributed by atoms with Crippen LogP contribution in [0.5, 0.6) is 0 Å². The van der Waals surface area contributed by atoms with Crippen LogP contribution in [-0.4, -0.2) is 36.5 Å². The van der Waals surface area contributed by atoms with Gasteiger partial charge < -0.3 is 9.80 Å². The number of hydrogen-bond acceptors (Lipinski definition) is 3. The lowest BCUT2D eigenvalue weighted by Crippen LogP contribution is -2.51. The molecule has 1 unspecified atom stereocenters. The van der Waals surface area contributed by atoms with E-state index in [9.17, 15) is 4.79 Å². The quantitative estimate of drug-likeness (QED) is 0.746. The van der Waals surface area contributed by atoms with Crippen molar-refractivity contribution in [1.82, 2.24) is 4.90 Å². The number of rotatable bonds is 1. The summed E-state index contributed by atoms with van der Waals surface area (Å²) in [5, 5.41) is 8.78. The summed E-state index contributed by atoms with van der Waals surface area (Å²) in [6, 6.07) is 10.2. The summed E-state index contributed by atoms with van der Waals surface area (Å²) >= 11 is 0. The molecular weight excluding hydrogens is 226 g/mol. The maximum Gasteiger partial charge on any atom is 0.223 e. The molecule has 1 amide bonds. The summed E-state index contributed by atoms with van der Waals surface area (Å²) in [4.78, 5) is 15.9. The molecule has 1 aromatic carbocycles. The van der Waals surface area contributed by atoms with E-state index in [1.165, 1.54) is 0 Å². The van der Waals surface area contributed by atoms with Crippen LogP contribution in [0.4, 0.5) is 5.69 Å². The van der Waals surface area contributed by atoms with E-state index >= 15 is 0 Å². The van der Waals surface area contributed by atoms with E-state index in [1.54, 1.807) is 0 Å². The molecular formula is C14H15N3O. The second-order valence-corrected chi connectivity index (χ2v) is 4.88. The van der Waals surface area contributed by atoms with E-state index in [0.29, 0.717) is 23.9 Å². The molecule has 2 aliphatic rings. The van der Waals surface area contributed by atoms with Crippen LogP contribution in [0.1, 0.15) is 18.4 Å². The van der Waals surface area contributed by atoms with Crippen LogP contribution in [0.15, 0.2) is 24.3 Å². The zero-order valence-corrected chi connectivity index (χ0v) is 10.2. The van der Waals surface area contributed by atoms with E-state index < -0.39 is 0 Å². The number of amides is 1. The monoisotopic (exact) mass is 241 g/mol. The number of fused-ring (bicyclic) bond motifs is 1. The lowest BCUT2D eigenvalue weighted by atomic mass is 10.1. The van der Waals surface area contributed by atoms with Gasteiger partial charge in [0.2, 0.25) is 5.91 Å². The summed E-state index contributed by atoms with van der Waals surface area (Å²) in [6.07, 6.45) is 1.68. The summed E-state index contributed by atoms with van der Waals surface area (Å²) in [6.45, 7) is 2.62. The standard InChI is InChI=1S/C14H15N3O/c15-9-11-1-3-12(4-2-11)16-7-8-17-13(10-16)5-6-14(17)18/h1-4,13H,5-8,10H2. The molecule has 0 bridgehead atoms. The smallest absolute Gasteiger partial charge is 0.223 e. The molecule has 4 heteroatoms. The number of carbonyl (C=O) groups is 1. The fourth-order valence-corrected chi connectivity index (χ4v) is 2.85. The lowest BCUT2D eigenvalue weighted by molar-refractivity contribution is -0.129.